The molecular formula is C17H18N6. The van der Waals surface area contributed by atoms with Gasteiger partial charge in [-0.15, -0.1) is 10.2 Å². The first-order valence-electron chi connectivity index (χ1n) is 7.30. The molecule has 3 aromatic rings. The van der Waals surface area contributed by atoms with Gasteiger partial charge in [-0.25, -0.2) is 4.99 Å². The summed E-state index contributed by atoms with van der Waals surface area (Å²) in [5, 5.41) is 11.1. The summed E-state index contributed by atoms with van der Waals surface area (Å²) in [6.45, 7) is 2.39. The van der Waals surface area contributed by atoms with Crippen molar-refractivity contribution >= 4 is 11.6 Å². The van der Waals surface area contributed by atoms with Gasteiger partial charge in [0.2, 0.25) is 0 Å². The van der Waals surface area contributed by atoms with Crippen LogP contribution < -0.4 is 11.1 Å². The van der Waals surface area contributed by atoms with Crippen molar-refractivity contribution in [3.63, 3.8) is 0 Å². The molecule has 0 aliphatic carbocycles. The number of aromatic nitrogens is 3. The smallest absolute Gasteiger partial charge is 0.193 e. The van der Waals surface area contributed by atoms with E-state index in [1.807, 2.05) is 66.1 Å². The monoisotopic (exact) mass is 306 g/mol. The number of hydrogen-bond acceptors (Lipinski definition) is 3. The first kappa shape index (κ1) is 14.8. The van der Waals surface area contributed by atoms with E-state index < -0.39 is 0 Å². The average molecular weight is 306 g/mol. The lowest BCUT2D eigenvalue weighted by Crippen LogP contribution is -2.22. The fraction of sp³-hybridized carbons (Fsp3) is 0.118. The number of nitrogens with two attached hydrogens (primary N) is 1. The molecule has 0 bridgehead atoms. The summed E-state index contributed by atoms with van der Waals surface area (Å²) < 4.78 is 1.89. The van der Waals surface area contributed by atoms with Gasteiger partial charge in [-0.1, -0.05) is 35.9 Å². The maximum absolute atomic E-state index is 5.93. The van der Waals surface area contributed by atoms with Crippen LogP contribution in [0, 0.1) is 6.92 Å². The molecular weight excluding hydrogens is 288 g/mol. The number of nitrogens with one attached hydrogen (secondary N) is 1. The van der Waals surface area contributed by atoms with Crippen molar-refractivity contribution in [2.45, 2.75) is 13.5 Å². The highest BCUT2D eigenvalue weighted by Gasteiger charge is 2.05. The molecule has 0 amide bonds. The number of benzene rings is 2. The largest absolute Gasteiger partial charge is 0.370 e. The van der Waals surface area contributed by atoms with Crippen molar-refractivity contribution in [3.8, 4) is 5.69 Å². The molecule has 0 aliphatic heterocycles. The van der Waals surface area contributed by atoms with Crippen LogP contribution in [0.4, 0.5) is 5.69 Å². The summed E-state index contributed by atoms with van der Waals surface area (Å²) in [4.78, 5) is 4.33. The summed E-state index contributed by atoms with van der Waals surface area (Å²) in [6, 6.07) is 17.8. The predicted molar refractivity (Wildman–Crippen MR) is 91.5 cm³/mol. The molecule has 0 unspecified atom stereocenters. The van der Waals surface area contributed by atoms with E-state index in [-0.39, 0.29) is 0 Å². The van der Waals surface area contributed by atoms with E-state index in [4.69, 9.17) is 5.73 Å². The van der Waals surface area contributed by atoms with Gasteiger partial charge in [0.25, 0.3) is 0 Å². The highest BCUT2D eigenvalue weighted by Crippen LogP contribution is 2.10. The zero-order valence-corrected chi connectivity index (χ0v) is 12.8. The molecule has 3 rings (SSSR count). The Morgan fingerprint density at radius 1 is 1.13 bits per heavy atom. The van der Waals surface area contributed by atoms with Crippen molar-refractivity contribution in [1.82, 2.24) is 14.8 Å². The second-order valence-corrected chi connectivity index (χ2v) is 5.15. The fourth-order valence-electron chi connectivity index (χ4n) is 2.15. The van der Waals surface area contributed by atoms with E-state index in [2.05, 4.69) is 20.5 Å². The Bertz CT molecular complexity index is 789. The number of guanidine groups is 1. The maximum Gasteiger partial charge on any atom is 0.193 e. The number of rotatable bonds is 4. The zero-order valence-electron chi connectivity index (χ0n) is 12.8. The SMILES string of the molecule is Cc1ccc(NC(N)=NCc2nncn2-c2ccccc2)cc1. The van der Waals surface area contributed by atoms with Crippen LogP contribution >= 0.6 is 0 Å². The van der Waals surface area contributed by atoms with E-state index in [1.54, 1.807) is 6.33 Å². The van der Waals surface area contributed by atoms with E-state index in [9.17, 15) is 0 Å². The summed E-state index contributed by atoms with van der Waals surface area (Å²) in [7, 11) is 0. The number of hydrogen-bond donors (Lipinski definition) is 2. The van der Waals surface area contributed by atoms with Crippen LogP contribution in [-0.4, -0.2) is 20.7 Å². The lowest BCUT2D eigenvalue weighted by Gasteiger charge is -2.07. The van der Waals surface area contributed by atoms with E-state index in [0.29, 0.717) is 12.5 Å². The summed E-state index contributed by atoms with van der Waals surface area (Å²) >= 11 is 0. The molecule has 1 aromatic heterocycles. The third kappa shape index (κ3) is 3.74. The van der Waals surface area contributed by atoms with Gasteiger partial charge in [-0.05, 0) is 31.2 Å². The normalized spacial score (nSPS) is 11.4. The first-order chi connectivity index (χ1) is 11.2. The number of anilines is 1. The molecule has 0 saturated carbocycles. The Morgan fingerprint density at radius 2 is 1.87 bits per heavy atom. The molecule has 6 nitrogen and oxygen atoms in total. The molecule has 3 N–H and O–H groups in total. The molecule has 2 aromatic carbocycles. The molecule has 1 heterocycles. The first-order valence-corrected chi connectivity index (χ1v) is 7.30. The minimum Gasteiger partial charge on any atom is -0.370 e. The van der Waals surface area contributed by atoms with Crippen LogP contribution in [0.25, 0.3) is 5.69 Å². The van der Waals surface area contributed by atoms with Crippen LogP contribution in [0.5, 0.6) is 0 Å². The van der Waals surface area contributed by atoms with Crippen LogP contribution in [0.2, 0.25) is 0 Å². The molecule has 0 saturated heterocycles. The Kier molecular flexibility index (Phi) is 4.33. The van der Waals surface area contributed by atoms with Gasteiger partial charge in [-0.2, -0.15) is 0 Å². The summed E-state index contributed by atoms with van der Waals surface area (Å²) in [5.74, 6) is 1.07. The number of para-hydroxylation sites is 1. The van der Waals surface area contributed by atoms with Gasteiger partial charge >= 0.3 is 0 Å². The Balaban J connectivity index is 1.70. The van der Waals surface area contributed by atoms with E-state index >= 15 is 0 Å². The highest BCUT2D eigenvalue weighted by molar-refractivity contribution is 5.92. The third-order valence-electron chi connectivity index (χ3n) is 3.37. The van der Waals surface area contributed by atoms with Gasteiger partial charge in [0.05, 0.1) is 0 Å². The Labute approximate surface area is 134 Å². The zero-order chi connectivity index (χ0) is 16.1. The third-order valence-corrected chi connectivity index (χ3v) is 3.37. The van der Waals surface area contributed by atoms with Crippen molar-refractivity contribution < 1.29 is 0 Å². The van der Waals surface area contributed by atoms with Crippen LogP contribution in [0.1, 0.15) is 11.4 Å². The second kappa shape index (κ2) is 6.74. The fourth-order valence-corrected chi connectivity index (χ4v) is 2.15. The molecule has 23 heavy (non-hydrogen) atoms. The minimum atomic E-state index is 0.344. The van der Waals surface area contributed by atoms with Gasteiger partial charge in [0.1, 0.15) is 12.9 Å². The van der Waals surface area contributed by atoms with Gasteiger partial charge in [0.15, 0.2) is 11.8 Å². The number of nitrogens with zero attached hydrogens (tertiary/aromatic N) is 4. The van der Waals surface area contributed by atoms with Gasteiger partial charge < -0.3 is 11.1 Å². The quantitative estimate of drug-likeness (QED) is 0.573. The van der Waals surface area contributed by atoms with Crippen molar-refractivity contribution in [1.29, 1.82) is 0 Å². The lowest BCUT2D eigenvalue weighted by molar-refractivity contribution is 0.859. The van der Waals surface area contributed by atoms with E-state index in [0.717, 1.165) is 17.2 Å². The average Bonchev–Trinajstić information content (AvgIpc) is 3.04. The van der Waals surface area contributed by atoms with Crippen molar-refractivity contribution in [2.75, 3.05) is 5.32 Å². The van der Waals surface area contributed by atoms with E-state index in [1.165, 1.54) is 5.56 Å². The summed E-state index contributed by atoms with van der Waals surface area (Å²) in [6.07, 6.45) is 1.67. The number of aryl methyl sites for hydroxylation is 1. The number of aliphatic imine (C=N–C) groups is 1. The van der Waals surface area contributed by atoms with Gasteiger partial charge in [0, 0.05) is 11.4 Å². The predicted octanol–water partition coefficient (Wildman–Crippen LogP) is 2.50. The second-order valence-electron chi connectivity index (χ2n) is 5.15. The minimum absolute atomic E-state index is 0.344. The topological polar surface area (TPSA) is 81.1 Å². The molecule has 0 radical (unpaired) electrons. The Hall–Kier alpha value is -3.15. The molecule has 6 heteroatoms. The van der Waals surface area contributed by atoms with Crippen molar-refractivity contribution in [3.05, 3.63) is 72.3 Å². The Morgan fingerprint density at radius 3 is 2.61 bits per heavy atom. The molecule has 0 aliphatic rings. The maximum atomic E-state index is 5.93. The molecule has 0 spiro atoms. The molecule has 116 valence electrons. The molecule has 0 atom stereocenters. The summed E-state index contributed by atoms with van der Waals surface area (Å²) in [5.41, 5.74) is 9.02. The van der Waals surface area contributed by atoms with Crippen LogP contribution in [-0.2, 0) is 6.54 Å². The van der Waals surface area contributed by atoms with Crippen molar-refractivity contribution in [2.24, 2.45) is 10.7 Å². The molecule has 0 fully saturated rings. The van der Waals surface area contributed by atoms with Crippen LogP contribution in [0.15, 0.2) is 65.9 Å². The lowest BCUT2D eigenvalue weighted by atomic mass is 10.2. The van der Waals surface area contributed by atoms with Crippen LogP contribution in [0.3, 0.4) is 0 Å². The highest BCUT2D eigenvalue weighted by atomic mass is 15.3. The van der Waals surface area contributed by atoms with Gasteiger partial charge in [-0.3, -0.25) is 4.57 Å². The standard InChI is InChI=1S/C17H18N6/c1-13-7-9-14(10-8-13)21-17(18)19-11-16-22-20-12-23(16)15-5-3-2-4-6-15/h2-10,12H,11H2,1H3,(H3,18,19,21).